The number of methoxy groups -OCH3 is 1. The zero-order chi connectivity index (χ0) is 10.7. The summed E-state index contributed by atoms with van der Waals surface area (Å²) in [5.41, 5.74) is 0. The van der Waals surface area contributed by atoms with E-state index in [1.54, 1.807) is 0 Å². The fourth-order valence-electron chi connectivity index (χ4n) is 3.63. The quantitative estimate of drug-likeness (QED) is 0.728. The molecule has 15 heavy (non-hydrogen) atoms. The molecule has 88 valence electrons. The van der Waals surface area contributed by atoms with Gasteiger partial charge in [-0.3, -0.25) is 0 Å². The van der Waals surface area contributed by atoms with Gasteiger partial charge in [-0.2, -0.15) is 0 Å². The van der Waals surface area contributed by atoms with Crippen molar-refractivity contribution in [2.45, 2.75) is 45.1 Å². The summed E-state index contributed by atoms with van der Waals surface area (Å²) in [5.74, 6) is 2.94. The predicted molar refractivity (Wildman–Crippen MR) is 62.9 cm³/mol. The molecule has 0 radical (unpaired) electrons. The van der Waals surface area contributed by atoms with Gasteiger partial charge < -0.3 is 10.1 Å². The summed E-state index contributed by atoms with van der Waals surface area (Å²) < 4.78 is 5.36. The van der Waals surface area contributed by atoms with Crippen LogP contribution in [0.4, 0.5) is 0 Å². The Balaban J connectivity index is 1.86. The third-order valence-corrected chi connectivity index (χ3v) is 4.31. The van der Waals surface area contributed by atoms with Crippen molar-refractivity contribution in [2.24, 2.45) is 17.8 Å². The van der Waals surface area contributed by atoms with Gasteiger partial charge in [0.25, 0.3) is 0 Å². The van der Waals surface area contributed by atoms with E-state index in [0.717, 1.165) is 30.9 Å². The summed E-state index contributed by atoms with van der Waals surface area (Å²) >= 11 is 0. The molecule has 2 aliphatic carbocycles. The highest BCUT2D eigenvalue weighted by atomic mass is 16.5. The van der Waals surface area contributed by atoms with Gasteiger partial charge >= 0.3 is 0 Å². The van der Waals surface area contributed by atoms with Crippen LogP contribution in [-0.2, 0) is 4.74 Å². The van der Waals surface area contributed by atoms with Gasteiger partial charge in [-0.05, 0) is 50.0 Å². The Morgan fingerprint density at radius 2 is 2.20 bits per heavy atom. The number of hydrogen-bond donors (Lipinski definition) is 1. The molecule has 0 saturated heterocycles. The van der Waals surface area contributed by atoms with Crippen LogP contribution in [0.15, 0.2) is 0 Å². The number of hydrogen-bond acceptors (Lipinski definition) is 2. The summed E-state index contributed by atoms with van der Waals surface area (Å²) in [7, 11) is 1.83. The molecule has 2 nitrogen and oxygen atoms in total. The van der Waals surface area contributed by atoms with E-state index in [2.05, 4.69) is 12.2 Å². The van der Waals surface area contributed by atoms with Crippen LogP contribution in [0.1, 0.15) is 39.0 Å². The molecular weight excluding hydrogens is 186 g/mol. The molecule has 0 heterocycles. The lowest BCUT2D eigenvalue weighted by atomic mass is 9.83. The molecular formula is C13H25NO. The Kier molecular flexibility index (Phi) is 4.04. The third kappa shape index (κ3) is 2.54. The van der Waals surface area contributed by atoms with Gasteiger partial charge in [0.2, 0.25) is 0 Å². The van der Waals surface area contributed by atoms with E-state index in [9.17, 15) is 0 Å². The topological polar surface area (TPSA) is 21.3 Å². The van der Waals surface area contributed by atoms with Crippen LogP contribution in [0.3, 0.4) is 0 Å². The molecule has 2 heteroatoms. The molecule has 0 aromatic heterocycles. The monoisotopic (exact) mass is 211 g/mol. The molecule has 2 fully saturated rings. The fraction of sp³-hybridized carbons (Fsp3) is 1.00. The first kappa shape index (κ1) is 11.4. The van der Waals surface area contributed by atoms with Crippen molar-refractivity contribution in [2.75, 3.05) is 20.3 Å². The Labute approximate surface area is 93.8 Å². The van der Waals surface area contributed by atoms with E-state index in [4.69, 9.17) is 4.74 Å². The minimum atomic E-state index is 0.616. The molecule has 2 bridgehead atoms. The van der Waals surface area contributed by atoms with Crippen molar-refractivity contribution in [3.8, 4) is 0 Å². The van der Waals surface area contributed by atoms with Crippen molar-refractivity contribution in [1.82, 2.24) is 5.32 Å². The van der Waals surface area contributed by atoms with Crippen molar-refractivity contribution in [3.63, 3.8) is 0 Å². The molecule has 0 aromatic rings. The Hall–Kier alpha value is -0.0800. The van der Waals surface area contributed by atoms with Gasteiger partial charge in [-0.25, -0.2) is 0 Å². The Morgan fingerprint density at radius 3 is 2.73 bits per heavy atom. The van der Waals surface area contributed by atoms with Crippen molar-refractivity contribution in [3.05, 3.63) is 0 Å². The molecule has 2 aliphatic rings. The third-order valence-electron chi connectivity index (χ3n) is 4.31. The molecule has 2 rings (SSSR count). The fourth-order valence-corrected chi connectivity index (χ4v) is 3.63. The minimum absolute atomic E-state index is 0.616. The standard InChI is InChI=1S/C13H25NO/c1-3-6-14-13(9-15-2)12-8-10-4-5-11(12)7-10/h10-14H,3-9H2,1-2H3. The second-order valence-electron chi connectivity index (χ2n) is 5.35. The number of ether oxygens (including phenoxy) is 1. The molecule has 0 aromatic carbocycles. The number of nitrogens with one attached hydrogen (secondary N) is 1. The number of rotatable bonds is 6. The van der Waals surface area contributed by atoms with E-state index in [1.807, 2.05) is 7.11 Å². The lowest BCUT2D eigenvalue weighted by Gasteiger charge is -2.30. The lowest BCUT2D eigenvalue weighted by molar-refractivity contribution is 0.119. The average molecular weight is 211 g/mol. The van der Waals surface area contributed by atoms with Gasteiger partial charge in [-0.15, -0.1) is 0 Å². The van der Waals surface area contributed by atoms with Crippen LogP contribution in [0.2, 0.25) is 0 Å². The van der Waals surface area contributed by atoms with Gasteiger partial charge in [0, 0.05) is 13.2 Å². The SMILES string of the molecule is CCCNC(COC)C1CC2CCC1C2. The largest absolute Gasteiger partial charge is 0.383 e. The van der Waals surface area contributed by atoms with Crippen molar-refractivity contribution in [1.29, 1.82) is 0 Å². The van der Waals surface area contributed by atoms with Gasteiger partial charge in [0.1, 0.15) is 0 Å². The number of fused-ring (bicyclic) bond motifs is 2. The first-order valence-electron chi connectivity index (χ1n) is 6.57. The summed E-state index contributed by atoms with van der Waals surface area (Å²) in [6, 6.07) is 0.616. The molecule has 0 amide bonds. The van der Waals surface area contributed by atoms with Gasteiger partial charge in [0.05, 0.1) is 6.61 Å². The molecule has 4 atom stereocenters. The van der Waals surface area contributed by atoms with Crippen LogP contribution in [0.25, 0.3) is 0 Å². The molecule has 4 unspecified atom stereocenters. The zero-order valence-corrected chi connectivity index (χ0v) is 10.2. The molecule has 2 saturated carbocycles. The summed E-state index contributed by atoms with van der Waals surface area (Å²) in [4.78, 5) is 0. The van der Waals surface area contributed by atoms with E-state index < -0.39 is 0 Å². The van der Waals surface area contributed by atoms with Crippen LogP contribution in [-0.4, -0.2) is 26.3 Å². The summed E-state index contributed by atoms with van der Waals surface area (Å²) in [5, 5.41) is 3.67. The van der Waals surface area contributed by atoms with E-state index >= 15 is 0 Å². The second-order valence-corrected chi connectivity index (χ2v) is 5.35. The van der Waals surface area contributed by atoms with E-state index in [1.165, 1.54) is 32.1 Å². The van der Waals surface area contributed by atoms with Crippen LogP contribution in [0, 0.1) is 17.8 Å². The highest BCUT2D eigenvalue weighted by Crippen LogP contribution is 2.49. The van der Waals surface area contributed by atoms with E-state index in [0.29, 0.717) is 6.04 Å². The highest BCUT2D eigenvalue weighted by molar-refractivity contribution is 4.95. The Morgan fingerprint density at radius 1 is 1.33 bits per heavy atom. The van der Waals surface area contributed by atoms with Gasteiger partial charge in [-0.1, -0.05) is 13.3 Å². The van der Waals surface area contributed by atoms with Crippen molar-refractivity contribution < 1.29 is 4.74 Å². The first-order chi connectivity index (χ1) is 7.35. The molecule has 1 N–H and O–H groups in total. The molecule has 0 spiro atoms. The van der Waals surface area contributed by atoms with Gasteiger partial charge in [0.15, 0.2) is 0 Å². The maximum Gasteiger partial charge on any atom is 0.0618 e. The highest BCUT2D eigenvalue weighted by Gasteiger charge is 2.42. The lowest BCUT2D eigenvalue weighted by Crippen LogP contribution is -2.42. The normalized spacial score (nSPS) is 36.0. The molecule has 0 aliphatic heterocycles. The minimum Gasteiger partial charge on any atom is -0.383 e. The second kappa shape index (κ2) is 5.31. The summed E-state index contributed by atoms with van der Waals surface area (Å²) in [6.07, 6.45) is 7.15. The average Bonchev–Trinajstić information content (AvgIpc) is 2.85. The van der Waals surface area contributed by atoms with Crippen LogP contribution >= 0.6 is 0 Å². The maximum absolute atomic E-state index is 5.36. The van der Waals surface area contributed by atoms with Crippen LogP contribution < -0.4 is 5.32 Å². The smallest absolute Gasteiger partial charge is 0.0618 e. The van der Waals surface area contributed by atoms with Crippen molar-refractivity contribution >= 4 is 0 Å². The predicted octanol–water partition coefficient (Wildman–Crippen LogP) is 2.44. The summed E-state index contributed by atoms with van der Waals surface area (Å²) in [6.45, 7) is 4.27. The Bertz CT molecular complexity index is 195. The first-order valence-corrected chi connectivity index (χ1v) is 6.57. The van der Waals surface area contributed by atoms with E-state index in [-0.39, 0.29) is 0 Å². The maximum atomic E-state index is 5.36. The van der Waals surface area contributed by atoms with Crippen LogP contribution in [0.5, 0.6) is 0 Å². The zero-order valence-electron chi connectivity index (χ0n) is 10.2.